The summed E-state index contributed by atoms with van der Waals surface area (Å²) in [7, 11) is 0. The van der Waals surface area contributed by atoms with E-state index in [2.05, 4.69) is 10.3 Å². The van der Waals surface area contributed by atoms with Crippen molar-refractivity contribution in [3.63, 3.8) is 0 Å². The Labute approximate surface area is 138 Å². The standard InChI is InChI=1S/C16H17N3O3S/c20-16(18-11-4-5-13-14(9-11)22-10-21-13)19-7-2-1-3-12(19)15-17-6-8-23-15/h4-6,8-9,12H,1-3,7,10H2,(H,18,20). The van der Waals surface area contributed by atoms with Crippen molar-refractivity contribution in [2.24, 2.45) is 0 Å². The number of likely N-dealkylation sites (tertiary alicyclic amines) is 1. The predicted molar refractivity (Wildman–Crippen MR) is 87.0 cm³/mol. The van der Waals surface area contributed by atoms with Crippen LogP contribution in [0.5, 0.6) is 11.5 Å². The van der Waals surface area contributed by atoms with E-state index in [1.807, 2.05) is 22.4 Å². The number of thiazole rings is 1. The number of nitrogens with zero attached hydrogens (tertiary/aromatic N) is 2. The van der Waals surface area contributed by atoms with E-state index >= 15 is 0 Å². The van der Waals surface area contributed by atoms with Gasteiger partial charge in [0, 0.05) is 29.9 Å². The second kappa shape index (κ2) is 6.08. The molecule has 1 atom stereocenters. The summed E-state index contributed by atoms with van der Waals surface area (Å²) in [6.07, 6.45) is 4.90. The molecule has 2 aromatic rings. The summed E-state index contributed by atoms with van der Waals surface area (Å²) in [5.74, 6) is 1.37. The van der Waals surface area contributed by atoms with Gasteiger partial charge >= 0.3 is 6.03 Å². The smallest absolute Gasteiger partial charge is 0.322 e. The van der Waals surface area contributed by atoms with E-state index < -0.39 is 0 Å². The largest absolute Gasteiger partial charge is 0.454 e. The van der Waals surface area contributed by atoms with E-state index in [1.54, 1.807) is 23.6 Å². The molecule has 0 aliphatic carbocycles. The topological polar surface area (TPSA) is 63.7 Å². The van der Waals surface area contributed by atoms with Crippen LogP contribution in [0.1, 0.15) is 30.3 Å². The second-order valence-corrected chi connectivity index (χ2v) is 6.50. The number of amides is 2. The van der Waals surface area contributed by atoms with Crippen molar-refractivity contribution in [2.45, 2.75) is 25.3 Å². The molecule has 120 valence electrons. The van der Waals surface area contributed by atoms with E-state index in [1.165, 1.54) is 0 Å². The van der Waals surface area contributed by atoms with Crippen LogP contribution in [-0.4, -0.2) is 29.3 Å². The van der Waals surface area contributed by atoms with Gasteiger partial charge in [-0.3, -0.25) is 0 Å². The van der Waals surface area contributed by atoms with Crippen LogP contribution in [0.25, 0.3) is 0 Å². The Bertz CT molecular complexity index is 705. The number of ether oxygens (including phenoxy) is 2. The zero-order valence-electron chi connectivity index (χ0n) is 12.5. The number of hydrogen-bond donors (Lipinski definition) is 1. The van der Waals surface area contributed by atoms with E-state index in [4.69, 9.17) is 9.47 Å². The van der Waals surface area contributed by atoms with Gasteiger partial charge < -0.3 is 19.7 Å². The molecule has 2 aliphatic heterocycles. The second-order valence-electron chi connectivity index (χ2n) is 5.57. The molecule has 6 nitrogen and oxygen atoms in total. The molecule has 7 heteroatoms. The number of urea groups is 1. The number of carbonyl (C=O) groups is 1. The van der Waals surface area contributed by atoms with Crippen molar-refractivity contribution in [1.82, 2.24) is 9.88 Å². The first-order valence-electron chi connectivity index (χ1n) is 7.68. The summed E-state index contributed by atoms with van der Waals surface area (Å²) in [4.78, 5) is 19.0. The average molecular weight is 331 g/mol. The van der Waals surface area contributed by atoms with Crippen molar-refractivity contribution < 1.29 is 14.3 Å². The molecule has 1 aromatic heterocycles. The first-order valence-corrected chi connectivity index (χ1v) is 8.56. The number of hydrogen-bond acceptors (Lipinski definition) is 5. The molecule has 0 radical (unpaired) electrons. The molecule has 2 aliphatic rings. The fourth-order valence-corrected chi connectivity index (χ4v) is 3.79. The molecule has 3 heterocycles. The zero-order chi connectivity index (χ0) is 15.6. The molecular formula is C16H17N3O3S. The molecule has 1 aromatic carbocycles. The Kier molecular flexibility index (Phi) is 3.78. The Balaban J connectivity index is 1.51. The molecule has 0 saturated carbocycles. The fourth-order valence-electron chi connectivity index (χ4n) is 3.00. The van der Waals surface area contributed by atoms with Gasteiger partial charge in [0.15, 0.2) is 11.5 Å². The van der Waals surface area contributed by atoms with Gasteiger partial charge in [-0.2, -0.15) is 0 Å². The number of aromatic nitrogens is 1. The first-order chi connectivity index (χ1) is 11.3. The third-order valence-electron chi connectivity index (χ3n) is 4.12. The van der Waals surface area contributed by atoms with Crippen molar-refractivity contribution in [3.05, 3.63) is 34.8 Å². The van der Waals surface area contributed by atoms with Crippen LogP contribution in [0.4, 0.5) is 10.5 Å². The Hall–Kier alpha value is -2.28. The van der Waals surface area contributed by atoms with Gasteiger partial charge in [-0.15, -0.1) is 11.3 Å². The Morgan fingerprint density at radius 1 is 1.30 bits per heavy atom. The maximum absolute atomic E-state index is 12.7. The summed E-state index contributed by atoms with van der Waals surface area (Å²) < 4.78 is 10.6. The summed E-state index contributed by atoms with van der Waals surface area (Å²) in [5.41, 5.74) is 0.711. The monoisotopic (exact) mass is 331 g/mol. The minimum atomic E-state index is -0.0937. The van der Waals surface area contributed by atoms with Crippen LogP contribution in [0, 0.1) is 0 Å². The first kappa shape index (κ1) is 14.3. The van der Waals surface area contributed by atoms with Crippen LogP contribution in [0.3, 0.4) is 0 Å². The quantitative estimate of drug-likeness (QED) is 0.913. The Morgan fingerprint density at radius 3 is 3.09 bits per heavy atom. The summed E-state index contributed by atoms with van der Waals surface area (Å²) in [5, 5.41) is 5.92. The van der Waals surface area contributed by atoms with Gasteiger partial charge in [-0.1, -0.05) is 0 Å². The molecule has 1 saturated heterocycles. The van der Waals surface area contributed by atoms with Gasteiger partial charge in [0.25, 0.3) is 0 Å². The Morgan fingerprint density at radius 2 is 2.22 bits per heavy atom. The van der Waals surface area contributed by atoms with E-state index in [0.29, 0.717) is 17.2 Å². The summed E-state index contributed by atoms with van der Waals surface area (Å²) >= 11 is 1.60. The highest BCUT2D eigenvalue weighted by molar-refractivity contribution is 7.09. The lowest BCUT2D eigenvalue weighted by Gasteiger charge is -2.34. The van der Waals surface area contributed by atoms with Crippen LogP contribution in [0.2, 0.25) is 0 Å². The number of rotatable bonds is 2. The van der Waals surface area contributed by atoms with E-state index in [9.17, 15) is 4.79 Å². The van der Waals surface area contributed by atoms with Crippen molar-refractivity contribution in [2.75, 3.05) is 18.7 Å². The van der Waals surface area contributed by atoms with E-state index in [0.717, 1.165) is 30.8 Å². The maximum Gasteiger partial charge on any atom is 0.322 e. The lowest BCUT2D eigenvalue weighted by atomic mass is 10.0. The van der Waals surface area contributed by atoms with Gasteiger partial charge in [0.1, 0.15) is 5.01 Å². The molecule has 23 heavy (non-hydrogen) atoms. The van der Waals surface area contributed by atoms with Crippen molar-refractivity contribution in [3.8, 4) is 11.5 Å². The number of anilines is 1. The third-order valence-corrected chi connectivity index (χ3v) is 5.00. The number of benzene rings is 1. The lowest BCUT2D eigenvalue weighted by molar-refractivity contribution is 0.163. The summed E-state index contributed by atoms with van der Waals surface area (Å²) in [6, 6.07) is 5.41. The molecule has 4 rings (SSSR count). The molecule has 2 amide bonds. The molecular weight excluding hydrogens is 314 g/mol. The zero-order valence-corrected chi connectivity index (χ0v) is 13.3. The van der Waals surface area contributed by atoms with Crippen LogP contribution < -0.4 is 14.8 Å². The van der Waals surface area contributed by atoms with E-state index in [-0.39, 0.29) is 18.9 Å². The third kappa shape index (κ3) is 2.84. The van der Waals surface area contributed by atoms with Gasteiger partial charge in [0.05, 0.1) is 6.04 Å². The highest BCUT2D eigenvalue weighted by Crippen LogP contribution is 2.35. The van der Waals surface area contributed by atoms with Crippen LogP contribution in [-0.2, 0) is 0 Å². The number of fused-ring (bicyclic) bond motifs is 1. The molecule has 1 unspecified atom stereocenters. The maximum atomic E-state index is 12.7. The molecule has 0 spiro atoms. The number of carbonyl (C=O) groups excluding carboxylic acids is 1. The predicted octanol–water partition coefficient (Wildman–Crippen LogP) is 3.63. The van der Waals surface area contributed by atoms with Crippen LogP contribution in [0.15, 0.2) is 29.8 Å². The SMILES string of the molecule is O=C(Nc1ccc2c(c1)OCO2)N1CCCCC1c1nccs1. The highest BCUT2D eigenvalue weighted by atomic mass is 32.1. The summed E-state index contributed by atoms with van der Waals surface area (Å²) in [6.45, 7) is 0.978. The lowest BCUT2D eigenvalue weighted by Crippen LogP contribution is -2.41. The number of nitrogens with one attached hydrogen (secondary N) is 1. The van der Waals surface area contributed by atoms with Gasteiger partial charge in [-0.05, 0) is 31.4 Å². The minimum absolute atomic E-state index is 0.0674. The normalized spacial score (nSPS) is 19.7. The number of piperidine rings is 1. The highest BCUT2D eigenvalue weighted by Gasteiger charge is 2.29. The fraction of sp³-hybridized carbons (Fsp3) is 0.375. The van der Waals surface area contributed by atoms with Gasteiger partial charge in [0.2, 0.25) is 6.79 Å². The van der Waals surface area contributed by atoms with Crippen molar-refractivity contribution in [1.29, 1.82) is 0 Å². The van der Waals surface area contributed by atoms with Crippen LogP contribution >= 0.6 is 11.3 Å². The average Bonchev–Trinajstić information content (AvgIpc) is 3.26. The molecule has 0 bridgehead atoms. The van der Waals surface area contributed by atoms with Crippen molar-refractivity contribution >= 4 is 23.1 Å². The molecule has 1 fully saturated rings. The minimum Gasteiger partial charge on any atom is -0.454 e. The molecule has 1 N–H and O–H groups in total. The van der Waals surface area contributed by atoms with Gasteiger partial charge in [-0.25, -0.2) is 9.78 Å².